The van der Waals surface area contributed by atoms with E-state index in [-0.39, 0.29) is 0 Å². The Labute approximate surface area is 94.9 Å². The van der Waals surface area contributed by atoms with E-state index in [1.165, 1.54) is 32.1 Å². The smallest absolute Gasteiger partial charge is 0.220 e. The zero-order valence-electron chi connectivity index (χ0n) is 9.07. The highest BCUT2D eigenvalue weighted by molar-refractivity contribution is 7.71. The number of rotatable bonds is 2. The van der Waals surface area contributed by atoms with Crippen LogP contribution in [0.2, 0.25) is 0 Å². The lowest BCUT2D eigenvalue weighted by molar-refractivity contribution is 0.261. The van der Waals surface area contributed by atoms with E-state index in [2.05, 4.69) is 17.1 Å². The molecule has 1 aliphatic carbocycles. The first kappa shape index (κ1) is 10.7. The molecule has 4 nitrogen and oxygen atoms in total. The van der Waals surface area contributed by atoms with Gasteiger partial charge in [-0.15, -0.1) is 5.10 Å². The van der Waals surface area contributed by atoms with Gasteiger partial charge in [-0.05, 0) is 31.0 Å². The highest BCUT2D eigenvalue weighted by Crippen LogP contribution is 2.35. The van der Waals surface area contributed by atoms with Crippen LogP contribution in [0.1, 0.15) is 45.1 Å². The van der Waals surface area contributed by atoms with Gasteiger partial charge in [-0.2, -0.15) is 0 Å². The number of aromatic amines is 1. The maximum Gasteiger partial charge on any atom is 0.220 e. The van der Waals surface area contributed by atoms with Crippen LogP contribution in [0, 0.1) is 10.7 Å². The number of nitrogens with two attached hydrogens (primary N) is 1. The molecule has 0 saturated heterocycles. The van der Waals surface area contributed by atoms with Gasteiger partial charge in [-0.3, -0.25) is 4.57 Å². The van der Waals surface area contributed by atoms with Crippen molar-refractivity contribution in [3.05, 3.63) is 4.77 Å². The summed E-state index contributed by atoms with van der Waals surface area (Å²) in [7, 11) is 0. The molecule has 0 radical (unpaired) electrons. The van der Waals surface area contributed by atoms with E-state index in [4.69, 9.17) is 18.0 Å². The predicted octanol–water partition coefficient (Wildman–Crippen LogP) is 2.66. The average molecular weight is 226 g/mol. The minimum atomic E-state index is 0.454. The van der Waals surface area contributed by atoms with Crippen molar-refractivity contribution < 1.29 is 0 Å². The molecule has 2 atom stereocenters. The molecule has 0 amide bonds. The van der Waals surface area contributed by atoms with E-state index >= 15 is 0 Å². The minimum absolute atomic E-state index is 0.454. The third-order valence-electron chi connectivity index (χ3n) is 3.43. The Morgan fingerprint density at radius 2 is 2.40 bits per heavy atom. The Kier molecular flexibility index (Phi) is 3.09. The van der Waals surface area contributed by atoms with Gasteiger partial charge >= 0.3 is 0 Å². The number of nitrogens with zero attached hydrogens (tertiary/aromatic N) is 2. The lowest BCUT2D eigenvalue weighted by Crippen LogP contribution is -2.20. The molecule has 5 heteroatoms. The normalized spacial score (nSPS) is 26.7. The van der Waals surface area contributed by atoms with Crippen LogP contribution >= 0.6 is 12.2 Å². The molecule has 0 spiro atoms. The Bertz CT molecular complexity index is 381. The van der Waals surface area contributed by atoms with Crippen LogP contribution < -0.4 is 5.73 Å². The van der Waals surface area contributed by atoms with Crippen LogP contribution in [0.5, 0.6) is 0 Å². The van der Waals surface area contributed by atoms with Crippen LogP contribution in [0.4, 0.5) is 5.95 Å². The molecule has 1 aromatic rings. The maximum absolute atomic E-state index is 5.81. The van der Waals surface area contributed by atoms with Gasteiger partial charge < -0.3 is 5.73 Å². The van der Waals surface area contributed by atoms with Crippen LogP contribution in [0.15, 0.2) is 0 Å². The van der Waals surface area contributed by atoms with Crippen LogP contribution in [0.3, 0.4) is 0 Å². The Morgan fingerprint density at radius 1 is 1.60 bits per heavy atom. The number of aromatic nitrogens is 3. The molecular formula is C10H18N4S. The highest BCUT2D eigenvalue weighted by Gasteiger charge is 2.23. The second-order valence-corrected chi connectivity index (χ2v) is 4.74. The Balaban J connectivity index is 2.20. The molecule has 1 heterocycles. The summed E-state index contributed by atoms with van der Waals surface area (Å²) in [6.07, 6.45) is 6.23. The van der Waals surface area contributed by atoms with Crippen molar-refractivity contribution in [2.24, 2.45) is 5.92 Å². The van der Waals surface area contributed by atoms with Gasteiger partial charge in [0.05, 0.1) is 0 Å². The average Bonchev–Trinajstić information content (AvgIpc) is 2.59. The maximum atomic E-state index is 5.81. The summed E-state index contributed by atoms with van der Waals surface area (Å²) in [5.41, 5.74) is 5.81. The monoisotopic (exact) mass is 226 g/mol. The Hall–Kier alpha value is -0.840. The van der Waals surface area contributed by atoms with E-state index in [1.807, 2.05) is 4.57 Å². The predicted molar refractivity (Wildman–Crippen MR) is 63.1 cm³/mol. The summed E-state index contributed by atoms with van der Waals surface area (Å²) in [5.74, 6) is 1.35. The fraction of sp³-hybridized carbons (Fsp3) is 0.800. The van der Waals surface area contributed by atoms with E-state index in [9.17, 15) is 0 Å². The topological polar surface area (TPSA) is 59.6 Å². The molecule has 1 aliphatic rings. The van der Waals surface area contributed by atoms with Crippen molar-refractivity contribution in [2.75, 3.05) is 5.73 Å². The first-order valence-corrected chi connectivity index (χ1v) is 6.05. The first-order valence-electron chi connectivity index (χ1n) is 5.64. The number of nitrogens with one attached hydrogen (secondary N) is 1. The summed E-state index contributed by atoms with van der Waals surface area (Å²) in [6, 6.07) is 0.454. The second-order valence-electron chi connectivity index (χ2n) is 4.35. The van der Waals surface area contributed by atoms with Crippen LogP contribution in [-0.4, -0.2) is 14.8 Å². The molecule has 0 bridgehead atoms. The molecule has 2 unspecified atom stereocenters. The fourth-order valence-corrected chi connectivity index (χ4v) is 2.83. The van der Waals surface area contributed by atoms with Gasteiger partial charge in [0.1, 0.15) is 0 Å². The molecule has 3 N–H and O–H groups in total. The van der Waals surface area contributed by atoms with Gasteiger partial charge in [0, 0.05) is 6.04 Å². The molecule has 1 aromatic heterocycles. The lowest BCUT2D eigenvalue weighted by atomic mass is 9.84. The molecule has 0 aromatic carbocycles. The van der Waals surface area contributed by atoms with E-state index in [1.54, 1.807) is 0 Å². The molecule has 15 heavy (non-hydrogen) atoms. The summed E-state index contributed by atoms with van der Waals surface area (Å²) < 4.78 is 2.64. The van der Waals surface area contributed by atoms with Crippen molar-refractivity contribution in [1.82, 2.24) is 14.8 Å². The van der Waals surface area contributed by atoms with Crippen molar-refractivity contribution in [1.29, 1.82) is 0 Å². The van der Waals surface area contributed by atoms with Crippen LogP contribution in [0.25, 0.3) is 0 Å². The first-order chi connectivity index (χ1) is 7.22. The molecule has 1 fully saturated rings. The van der Waals surface area contributed by atoms with Crippen molar-refractivity contribution in [3.8, 4) is 0 Å². The Morgan fingerprint density at radius 3 is 3.00 bits per heavy atom. The third kappa shape index (κ3) is 2.07. The molecular weight excluding hydrogens is 208 g/mol. The molecule has 0 aliphatic heterocycles. The van der Waals surface area contributed by atoms with Crippen LogP contribution in [-0.2, 0) is 0 Å². The van der Waals surface area contributed by atoms with Gasteiger partial charge in [0.2, 0.25) is 5.95 Å². The highest BCUT2D eigenvalue weighted by atomic mass is 32.1. The van der Waals surface area contributed by atoms with E-state index in [0.29, 0.717) is 16.8 Å². The zero-order chi connectivity index (χ0) is 10.8. The summed E-state index contributed by atoms with van der Waals surface area (Å²) in [5, 5.41) is 6.72. The van der Waals surface area contributed by atoms with E-state index < -0.39 is 0 Å². The third-order valence-corrected chi connectivity index (χ3v) is 3.72. The van der Waals surface area contributed by atoms with Gasteiger partial charge in [0.25, 0.3) is 0 Å². The quantitative estimate of drug-likeness (QED) is 0.762. The summed E-state index contributed by atoms with van der Waals surface area (Å²) in [4.78, 5) is 0. The van der Waals surface area contributed by atoms with Crippen molar-refractivity contribution in [2.45, 2.75) is 45.1 Å². The summed E-state index contributed by atoms with van der Waals surface area (Å²) >= 11 is 5.19. The SMILES string of the molecule is CCC1CCCC(n2c(N)n[nH]c2=S)C1. The fourth-order valence-electron chi connectivity index (χ4n) is 2.54. The molecule has 1 saturated carbocycles. The van der Waals surface area contributed by atoms with Crippen molar-refractivity contribution in [3.63, 3.8) is 0 Å². The number of H-pyrrole nitrogens is 1. The summed E-state index contributed by atoms with van der Waals surface area (Å²) in [6.45, 7) is 2.26. The van der Waals surface area contributed by atoms with Crippen molar-refractivity contribution >= 4 is 18.2 Å². The van der Waals surface area contributed by atoms with Gasteiger partial charge in [-0.25, -0.2) is 5.10 Å². The largest absolute Gasteiger partial charge is 0.368 e. The number of anilines is 1. The number of nitrogen functional groups attached to an aromatic ring is 1. The van der Waals surface area contributed by atoms with E-state index in [0.717, 1.165) is 5.92 Å². The minimum Gasteiger partial charge on any atom is -0.368 e. The zero-order valence-corrected chi connectivity index (χ0v) is 9.89. The van der Waals surface area contributed by atoms with Gasteiger partial charge in [-0.1, -0.05) is 26.2 Å². The number of hydrogen-bond donors (Lipinski definition) is 2. The standard InChI is InChI=1S/C10H18N4S/c1-2-7-4-3-5-8(6-7)14-9(11)12-13-10(14)15/h7-8H,2-6H2,1H3,(H2,11,12)(H,13,15). The van der Waals surface area contributed by atoms with Gasteiger partial charge in [0.15, 0.2) is 4.77 Å². The lowest BCUT2D eigenvalue weighted by Gasteiger charge is -2.29. The second kappa shape index (κ2) is 4.35. The molecule has 2 rings (SSSR count). The molecule has 84 valence electrons. The number of hydrogen-bond acceptors (Lipinski definition) is 3.